The molecular weight excluding hydrogens is 460 g/mol. The van der Waals surface area contributed by atoms with Crippen molar-refractivity contribution in [3.05, 3.63) is 54.7 Å². The third-order valence-corrected chi connectivity index (χ3v) is 6.27. The summed E-state index contributed by atoms with van der Waals surface area (Å²) < 4.78 is 11.4. The summed E-state index contributed by atoms with van der Waals surface area (Å²) in [5.41, 5.74) is 10.4. The second-order valence-corrected chi connectivity index (χ2v) is 8.95. The summed E-state index contributed by atoms with van der Waals surface area (Å²) in [5.74, 6) is 0.753. The van der Waals surface area contributed by atoms with E-state index in [-0.39, 0.29) is 12.0 Å². The average Bonchev–Trinajstić information content (AvgIpc) is 2.87. The quantitative estimate of drug-likeness (QED) is 0.428. The number of aliphatic hydroxyl groups is 1. The molecule has 2 aliphatic heterocycles. The first kappa shape index (κ1) is 23.8. The minimum absolute atomic E-state index is 0.148. The zero-order chi connectivity index (χ0) is 25.1. The van der Waals surface area contributed by atoms with Crippen LogP contribution in [0.5, 0.6) is 5.75 Å². The molecular formula is C26H30N6O4. The minimum Gasteiger partial charge on any atom is -0.485 e. The molecule has 0 spiro atoms. The van der Waals surface area contributed by atoms with Gasteiger partial charge in [0.05, 0.1) is 37.7 Å². The Bertz CT molecular complexity index is 1210. The molecule has 0 radical (unpaired) electrons. The van der Waals surface area contributed by atoms with Gasteiger partial charge in [-0.3, -0.25) is 4.79 Å². The van der Waals surface area contributed by atoms with Gasteiger partial charge in [0.15, 0.2) is 0 Å². The number of hydrogen-bond acceptors (Lipinski definition) is 9. The Labute approximate surface area is 209 Å². The maximum Gasteiger partial charge on any atom is 0.251 e. The first-order valence-electron chi connectivity index (χ1n) is 12.0. The fourth-order valence-electron chi connectivity index (χ4n) is 4.24. The third kappa shape index (κ3) is 5.34. The Balaban J connectivity index is 1.21. The molecule has 4 N–H and O–H groups in total. The summed E-state index contributed by atoms with van der Waals surface area (Å²) in [6, 6.07) is 15.5. The molecule has 2 fully saturated rings. The Morgan fingerprint density at radius 3 is 2.61 bits per heavy atom. The number of ether oxygens (including phenoxy) is 2. The molecule has 0 bridgehead atoms. The number of nitrogens with zero attached hydrogens (tertiary/aromatic N) is 4. The number of carbonyl (C=O) groups excluding carboxylic acids is 1. The van der Waals surface area contributed by atoms with Gasteiger partial charge < -0.3 is 35.4 Å². The Hall–Kier alpha value is -3.89. The van der Waals surface area contributed by atoms with Crippen molar-refractivity contribution in [1.82, 2.24) is 14.9 Å². The van der Waals surface area contributed by atoms with Gasteiger partial charge >= 0.3 is 0 Å². The van der Waals surface area contributed by atoms with Gasteiger partial charge in [0.25, 0.3) is 5.91 Å². The van der Waals surface area contributed by atoms with Crippen LogP contribution < -0.4 is 20.7 Å². The van der Waals surface area contributed by atoms with Gasteiger partial charge in [0.2, 0.25) is 5.95 Å². The van der Waals surface area contributed by atoms with E-state index in [1.807, 2.05) is 36.4 Å². The molecule has 2 aromatic carbocycles. The number of amides is 1. The van der Waals surface area contributed by atoms with Crippen molar-refractivity contribution in [1.29, 1.82) is 0 Å². The summed E-state index contributed by atoms with van der Waals surface area (Å²) in [7, 11) is 0. The summed E-state index contributed by atoms with van der Waals surface area (Å²) in [6.45, 7) is 5.62. The monoisotopic (exact) mass is 490 g/mol. The van der Waals surface area contributed by atoms with Crippen LogP contribution in [0.15, 0.2) is 54.7 Å². The van der Waals surface area contributed by atoms with Gasteiger partial charge in [-0.2, -0.15) is 0 Å². The van der Waals surface area contributed by atoms with Crippen LogP contribution in [0.2, 0.25) is 0 Å². The van der Waals surface area contributed by atoms with Crippen molar-refractivity contribution in [2.75, 3.05) is 55.3 Å². The normalized spacial score (nSPS) is 16.8. The number of anilines is 4. The SMILES string of the molecule is C[C@H](O)C(=O)N1CC(Oc2ccc(-c3ccnc(Nc4ccc(N5CCOCC5)cc4)n3)cc2N)C1. The Morgan fingerprint density at radius 1 is 1.17 bits per heavy atom. The highest BCUT2D eigenvalue weighted by Crippen LogP contribution is 2.30. The Morgan fingerprint density at radius 2 is 1.92 bits per heavy atom. The first-order chi connectivity index (χ1) is 17.5. The second kappa shape index (κ2) is 10.4. The van der Waals surface area contributed by atoms with E-state index in [9.17, 15) is 9.90 Å². The molecule has 188 valence electrons. The number of nitrogens with one attached hydrogen (secondary N) is 1. The molecule has 3 aromatic rings. The lowest BCUT2D eigenvalue weighted by Crippen LogP contribution is -2.58. The number of hydrogen-bond donors (Lipinski definition) is 3. The molecule has 2 saturated heterocycles. The predicted octanol–water partition coefficient (Wildman–Crippen LogP) is 2.28. The van der Waals surface area contributed by atoms with Crippen LogP contribution in [0.3, 0.4) is 0 Å². The first-order valence-corrected chi connectivity index (χ1v) is 12.0. The average molecular weight is 491 g/mol. The van der Waals surface area contributed by atoms with Crippen LogP contribution in [0.25, 0.3) is 11.3 Å². The highest BCUT2D eigenvalue weighted by Gasteiger charge is 2.34. The highest BCUT2D eigenvalue weighted by atomic mass is 16.5. The van der Waals surface area contributed by atoms with Crippen molar-refractivity contribution >= 4 is 28.9 Å². The fraction of sp³-hybridized carbons (Fsp3) is 0.346. The number of rotatable bonds is 7. The van der Waals surface area contributed by atoms with Crippen LogP contribution in [0, 0.1) is 0 Å². The number of nitrogen functional groups attached to an aromatic ring is 1. The van der Waals surface area contributed by atoms with Crippen molar-refractivity contribution in [3.63, 3.8) is 0 Å². The van der Waals surface area contributed by atoms with Crippen LogP contribution in [-0.2, 0) is 9.53 Å². The highest BCUT2D eigenvalue weighted by molar-refractivity contribution is 5.81. The number of aliphatic hydroxyl groups excluding tert-OH is 1. The largest absolute Gasteiger partial charge is 0.485 e. The van der Waals surface area contributed by atoms with E-state index in [2.05, 4.69) is 32.3 Å². The van der Waals surface area contributed by atoms with E-state index >= 15 is 0 Å². The van der Waals surface area contributed by atoms with Gasteiger partial charge in [-0.1, -0.05) is 0 Å². The third-order valence-electron chi connectivity index (χ3n) is 6.27. The summed E-state index contributed by atoms with van der Waals surface area (Å²) in [5, 5.41) is 12.7. The number of nitrogens with two attached hydrogens (primary N) is 1. The van der Waals surface area contributed by atoms with E-state index in [0.717, 1.165) is 43.2 Å². The molecule has 36 heavy (non-hydrogen) atoms. The molecule has 0 unspecified atom stereocenters. The van der Waals surface area contributed by atoms with E-state index < -0.39 is 6.10 Å². The standard InChI is InChI=1S/C26H30N6O4/c1-17(33)25(34)32-15-21(16-32)36-24-7-2-18(14-22(24)27)23-8-9-28-26(30-23)29-19-3-5-20(6-4-19)31-10-12-35-13-11-31/h2-9,14,17,21,33H,10-13,15-16,27H2,1H3,(H,28,29,30)/t17-/m0/s1. The molecule has 1 atom stereocenters. The van der Waals surface area contributed by atoms with Crippen molar-refractivity contribution in [3.8, 4) is 17.0 Å². The molecule has 2 aliphatic rings. The maximum absolute atomic E-state index is 11.8. The van der Waals surface area contributed by atoms with Crippen LogP contribution >= 0.6 is 0 Å². The number of carbonyl (C=O) groups is 1. The van der Waals surface area contributed by atoms with E-state index in [1.54, 1.807) is 11.1 Å². The fourth-order valence-corrected chi connectivity index (χ4v) is 4.24. The molecule has 0 saturated carbocycles. The summed E-state index contributed by atoms with van der Waals surface area (Å²) in [6.07, 6.45) is 0.553. The van der Waals surface area contributed by atoms with Crippen molar-refractivity contribution in [2.45, 2.75) is 19.1 Å². The number of likely N-dealkylation sites (tertiary alicyclic amines) is 1. The van der Waals surface area contributed by atoms with Crippen LogP contribution in [0.4, 0.5) is 23.0 Å². The number of morpholine rings is 1. The van der Waals surface area contributed by atoms with E-state index in [0.29, 0.717) is 30.5 Å². The molecule has 10 heteroatoms. The molecule has 1 amide bonds. The smallest absolute Gasteiger partial charge is 0.251 e. The van der Waals surface area contributed by atoms with E-state index in [1.165, 1.54) is 12.6 Å². The zero-order valence-electron chi connectivity index (χ0n) is 20.1. The van der Waals surface area contributed by atoms with Crippen LogP contribution in [-0.4, -0.2) is 77.5 Å². The lowest BCUT2D eigenvalue weighted by Gasteiger charge is -2.39. The van der Waals surface area contributed by atoms with Gasteiger partial charge in [-0.05, 0) is 55.5 Å². The molecule has 1 aromatic heterocycles. The number of benzene rings is 2. The second-order valence-electron chi connectivity index (χ2n) is 8.95. The topological polar surface area (TPSA) is 126 Å². The summed E-state index contributed by atoms with van der Waals surface area (Å²) >= 11 is 0. The van der Waals surface area contributed by atoms with Gasteiger partial charge in [-0.25, -0.2) is 9.97 Å². The van der Waals surface area contributed by atoms with Gasteiger partial charge in [0, 0.05) is 36.2 Å². The lowest BCUT2D eigenvalue weighted by molar-refractivity contribution is -0.148. The number of aromatic nitrogens is 2. The van der Waals surface area contributed by atoms with Gasteiger partial charge in [0.1, 0.15) is 18.0 Å². The van der Waals surface area contributed by atoms with Crippen molar-refractivity contribution in [2.24, 2.45) is 0 Å². The van der Waals surface area contributed by atoms with Crippen LogP contribution in [0.1, 0.15) is 6.92 Å². The summed E-state index contributed by atoms with van der Waals surface area (Å²) in [4.78, 5) is 24.6. The molecule has 3 heterocycles. The Kier molecular flexibility index (Phi) is 6.88. The molecule has 5 rings (SSSR count). The lowest BCUT2D eigenvalue weighted by atomic mass is 10.1. The molecule has 0 aliphatic carbocycles. The minimum atomic E-state index is -1.00. The predicted molar refractivity (Wildman–Crippen MR) is 137 cm³/mol. The van der Waals surface area contributed by atoms with Gasteiger partial charge in [-0.15, -0.1) is 0 Å². The molecule has 10 nitrogen and oxygen atoms in total. The maximum atomic E-state index is 11.8. The van der Waals surface area contributed by atoms with E-state index in [4.69, 9.17) is 15.2 Å². The van der Waals surface area contributed by atoms with Crippen molar-refractivity contribution < 1.29 is 19.4 Å². The zero-order valence-corrected chi connectivity index (χ0v) is 20.1.